The number of nitrogens with zero attached hydrogens (tertiary/aromatic N) is 1. The minimum absolute atomic E-state index is 0.159. The van der Waals surface area contributed by atoms with Crippen LogP contribution in [0.4, 0.5) is 0 Å². The second-order valence-electron chi connectivity index (χ2n) is 7.83. The molecule has 146 valence electrons. The Kier molecular flexibility index (Phi) is 4.61. The van der Waals surface area contributed by atoms with Gasteiger partial charge in [0.1, 0.15) is 11.7 Å². The smallest absolute Gasteiger partial charge is 0.238 e. The second-order valence-corrected chi connectivity index (χ2v) is 7.83. The molecule has 2 heterocycles. The van der Waals surface area contributed by atoms with Gasteiger partial charge in [0.15, 0.2) is 5.72 Å². The zero-order valence-corrected chi connectivity index (χ0v) is 16.5. The van der Waals surface area contributed by atoms with Crippen LogP contribution in [-0.2, 0) is 9.59 Å². The van der Waals surface area contributed by atoms with Gasteiger partial charge in [-0.2, -0.15) is 0 Å². The number of piperidine rings is 1. The fourth-order valence-electron chi connectivity index (χ4n) is 4.63. The van der Waals surface area contributed by atoms with Crippen LogP contribution in [-0.4, -0.2) is 29.0 Å². The summed E-state index contributed by atoms with van der Waals surface area (Å²) in [4.78, 5) is 28.3. The molecule has 2 bridgehead atoms. The number of fused-ring (bicyclic) bond motifs is 4. The lowest BCUT2D eigenvalue weighted by atomic mass is 9.73. The predicted octanol–water partition coefficient (Wildman–Crippen LogP) is 3.62. The molecule has 28 heavy (non-hydrogen) atoms. The molecule has 2 aromatic carbocycles. The van der Waals surface area contributed by atoms with Crippen LogP contribution >= 0.6 is 0 Å². The molecule has 4 atom stereocenters. The van der Waals surface area contributed by atoms with Crippen LogP contribution in [0.15, 0.2) is 54.6 Å². The van der Waals surface area contributed by atoms with Crippen LogP contribution in [0.2, 0.25) is 0 Å². The van der Waals surface area contributed by atoms with Gasteiger partial charge in [0.25, 0.3) is 0 Å². The van der Waals surface area contributed by atoms with Gasteiger partial charge in [-0.15, -0.1) is 0 Å². The van der Waals surface area contributed by atoms with Crippen LogP contribution in [0.25, 0.3) is 0 Å². The Morgan fingerprint density at radius 3 is 2.61 bits per heavy atom. The van der Waals surface area contributed by atoms with E-state index >= 15 is 0 Å². The van der Waals surface area contributed by atoms with Crippen molar-refractivity contribution in [3.63, 3.8) is 0 Å². The van der Waals surface area contributed by atoms with Crippen molar-refractivity contribution in [3.8, 4) is 5.75 Å². The van der Waals surface area contributed by atoms with Crippen LogP contribution < -0.4 is 10.1 Å². The van der Waals surface area contributed by atoms with Crippen molar-refractivity contribution in [1.82, 2.24) is 10.2 Å². The normalized spacial score (nSPS) is 26.8. The highest BCUT2D eigenvalue weighted by Gasteiger charge is 2.55. The Hall–Kier alpha value is -2.82. The monoisotopic (exact) mass is 378 g/mol. The first-order valence-electron chi connectivity index (χ1n) is 9.89. The van der Waals surface area contributed by atoms with Crippen molar-refractivity contribution in [2.24, 2.45) is 5.92 Å². The number of benzene rings is 2. The molecule has 1 fully saturated rings. The van der Waals surface area contributed by atoms with Gasteiger partial charge in [-0.3, -0.25) is 9.59 Å². The van der Waals surface area contributed by atoms with Crippen molar-refractivity contribution in [3.05, 3.63) is 65.7 Å². The maximum atomic E-state index is 13.3. The Morgan fingerprint density at radius 1 is 1.21 bits per heavy atom. The van der Waals surface area contributed by atoms with E-state index in [1.165, 1.54) is 0 Å². The van der Waals surface area contributed by atoms with Crippen molar-refractivity contribution in [2.75, 3.05) is 6.54 Å². The number of para-hydroxylation sites is 1. The van der Waals surface area contributed by atoms with Crippen LogP contribution in [0.5, 0.6) is 5.75 Å². The highest BCUT2D eigenvalue weighted by molar-refractivity contribution is 6.02. The third kappa shape index (κ3) is 2.95. The highest BCUT2D eigenvalue weighted by Crippen LogP contribution is 2.50. The molecule has 0 aromatic heterocycles. The molecule has 0 unspecified atom stereocenters. The average molecular weight is 378 g/mol. The minimum Gasteiger partial charge on any atom is -0.468 e. The molecule has 0 aliphatic carbocycles. The SMILES string of the molecule is CCN1C(=O)[C@H](C(=O)N[C@@H](C)c2ccccc2)[C@@H]2C[C@]1(C)Oc1ccccc12. The summed E-state index contributed by atoms with van der Waals surface area (Å²) in [5.41, 5.74) is 1.24. The number of rotatable bonds is 4. The maximum Gasteiger partial charge on any atom is 0.238 e. The molecular weight excluding hydrogens is 352 g/mol. The molecule has 0 spiro atoms. The summed E-state index contributed by atoms with van der Waals surface area (Å²) in [7, 11) is 0. The van der Waals surface area contributed by atoms with E-state index in [1.807, 2.05) is 75.4 Å². The van der Waals surface area contributed by atoms with E-state index in [9.17, 15) is 9.59 Å². The molecule has 2 aliphatic heterocycles. The third-order valence-corrected chi connectivity index (χ3v) is 6.01. The Balaban J connectivity index is 1.68. The van der Waals surface area contributed by atoms with Gasteiger partial charge in [0, 0.05) is 18.9 Å². The Morgan fingerprint density at radius 2 is 1.89 bits per heavy atom. The summed E-state index contributed by atoms with van der Waals surface area (Å²) >= 11 is 0. The first-order chi connectivity index (χ1) is 13.4. The standard InChI is InChI=1S/C23H26N2O3/c1-4-25-22(27)20(21(26)24-15(2)16-10-6-5-7-11-16)18-14-23(25,3)28-19-13-9-8-12-17(18)19/h5-13,15,18,20H,4,14H2,1-3H3,(H,24,26)/t15-,18+,20-,23-/m0/s1. The summed E-state index contributed by atoms with van der Waals surface area (Å²) in [5.74, 6) is -0.546. The number of nitrogens with one attached hydrogen (secondary N) is 1. The van der Waals surface area contributed by atoms with Gasteiger partial charge in [0.2, 0.25) is 11.8 Å². The molecule has 2 amide bonds. The van der Waals surface area contributed by atoms with Gasteiger partial charge in [-0.05, 0) is 38.0 Å². The van der Waals surface area contributed by atoms with Gasteiger partial charge in [-0.25, -0.2) is 0 Å². The lowest BCUT2D eigenvalue weighted by Crippen LogP contribution is -2.64. The van der Waals surface area contributed by atoms with Gasteiger partial charge in [0.05, 0.1) is 6.04 Å². The van der Waals surface area contributed by atoms with E-state index in [0.29, 0.717) is 13.0 Å². The number of ether oxygens (including phenoxy) is 1. The molecule has 5 heteroatoms. The van der Waals surface area contributed by atoms with Gasteiger partial charge >= 0.3 is 0 Å². The molecule has 5 nitrogen and oxygen atoms in total. The minimum atomic E-state index is -0.746. The van der Waals surface area contributed by atoms with Crippen LogP contribution in [0.3, 0.4) is 0 Å². The Labute approximate surface area is 165 Å². The molecule has 1 N–H and O–H groups in total. The largest absolute Gasteiger partial charge is 0.468 e. The highest BCUT2D eigenvalue weighted by atomic mass is 16.5. The summed E-state index contributed by atoms with van der Waals surface area (Å²) in [6, 6.07) is 17.4. The molecule has 0 saturated carbocycles. The fraction of sp³-hybridized carbons (Fsp3) is 0.391. The summed E-state index contributed by atoms with van der Waals surface area (Å²) in [5, 5.41) is 3.06. The van der Waals surface area contributed by atoms with Crippen LogP contribution in [0, 0.1) is 5.92 Å². The fourth-order valence-corrected chi connectivity index (χ4v) is 4.63. The van der Waals surface area contributed by atoms with E-state index in [-0.39, 0.29) is 23.8 Å². The average Bonchev–Trinajstić information content (AvgIpc) is 2.68. The van der Waals surface area contributed by atoms with E-state index in [1.54, 1.807) is 4.90 Å². The van der Waals surface area contributed by atoms with Gasteiger partial charge in [-0.1, -0.05) is 48.5 Å². The Bertz CT molecular complexity index is 898. The van der Waals surface area contributed by atoms with Crippen LogP contribution in [0.1, 0.15) is 50.3 Å². The number of amides is 2. The lowest BCUT2D eigenvalue weighted by molar-refractivity contribution is -0.175. The predicted molar refractivity (Wildman–Crippen MR) is 107 cm³/mol. The zero-order valence-electron chi connectivity index (χ0n) is 16.5. The maximum absolute atomic E-state index is 13.3. The van der Waals surface area contributed by atoms with Crippen molar-refractivity contribution >= 4 is 11.8 Å². The van der Waals surface area contributed by atoms with Crippen molar-refractivity contribution in [1.29, 1.82) is 0 Å². The summed E-state index contributed by atoms with van der Waals surface area (Å²) < 4.78 is 6.22. The van der Waals surface area contributed by atoms with Gasteiger partial charge < -0.3 is 15.0 Å². The summed E-state index contributed by atoms with van der Waals surface area (Å²) in [6.07, 6.45) is 0.612. The molecule has 1 saturated heterocycles. The van der Waals surface area contributed by atoms with Crippen molar-refractivity contribution < 1.29 is 14.3 Å². The topological polar surface area (TPSA) is 58.6 Å². The molecule has 2 aromatic rings. The number of carbonyl (C=O) groups excluding carboxylic acids is 2. The van der Waals surface area contributed by atoms with E-state index < -0.39 is 11.6 Å². The number of carbonyl (C=O) groups is 2. The quantitative estimate of drug-likeness (QED) is 0.827. The number of likely N-dealkylation sites (tertiary alicyclic amines) is 1. The first-order valence-corrected chi connectivity index (χ1v) is 9.89. The molecule has 2 aliphatic rings. The third-order valence-electron chi connectivity index (χ3n) is 6.01. The number of hydrogen-bond acceptors (Lipinski definition) is 3. The first kappa shape index (κ1) is 18.5. The molecular formula is C23H26N2O3. The second kappa shape index (κ2) is 6.97. The van der Waals surface area contributed by atoms with E-state index in [2.05, 4.69) is 5.32 Å². The van der Waals surface area contributed by atoms with E-state index in [0.717, 1.165) is 16.9 Å². The lowest BCUT2D eigenvalue weighted by Gasteiger charge is -2.52. The summed E-state index contributed by atoms with van der Waals surface area (Å²) in [6.45, 7) is 6.31. The molecule has 0 radical (unpaired) electrons. The number of hydrogen-bond donors (Lipinski definition) is 1. The van der Waals surface area contributed by atoms with E-state index in [4.69, 9.17) is 4.74 Å². The molecule has 4 rings (SSSR count). The van der Waals surface area contributed by atoms with Crippen molar-refractivity contribution in [2.45, 2.75) is 44.9 Å². The zero-order chi connectivity index (χ0) is 19.9.